The zero-order valence-corrected chi connectivity index (χ0v) is 13.7. The molecule has 7 heteroatoms. The first-order chi connectivity index (χ1) is 10.9. The van der Waals surface area contributed by atoms with Gasteiger partial charge in [0.1, 0.15) is 11.6 Å². The number of carbonyl (C=O) groups excluding carboxylic acids is 1. The smallest absolute Gasteiger partial charge is 0.253 e. The second-order valence-electron chi connectivity index (χ2n) is 4.71. The molecule has 0 aliphatic carbocycles. The molecule has 0 saturated carbocycles. The van der Waals surface area contributed by atoms with Crippen LogP contribution in [0.15, 0.2) is 36.4 Å². The highest BCUT2D eigenvalue weighted by Crippen LogP contribution is 2.26. The second kappa shape index (κ2) is 7.64. The Hall–Kier alpha value is -1.82. The van der Waals surface area contributed by atoms with Crippen LogP contribution in [0.4, 0.5) is 4.39 Å². The lowest BCUT2D eigenvalue weighted by atomic mass is 10.1. The van der Waals surface area contributed by atoms with Gasteiger partial charge in [-0.05, 0) is 18.2 Å². The van der Waals surface area contributed by atoms with Gasteiger partial charge in [-0.15, -0.1) is 0 Å². The van der Waals surface area contributed by atoms with Crippen LogP contribution < -0.4 is 10.1 Å². The van der Waals surface area contributed by atoms with Gasteiger partial charge in [0.25, 0.3) is 5.91 Å². The van der Waals surface area contributed by atoms with E-state index < -0.39 is 17.8 Å². The highest BCUT2D eigenvalue weighted by molar-refractivity contribution is 6.36. The van der Waals surface area contributed by atoms with Crippen LogP contribution in [0.5, 0.6) is 5.75 Å². The molecule has 2 aromatic carbocycles. The van der Waals surface area contributed by atoms with Gasteiger partial charge in [-0.3, -0.25) is 4.79 Å². The first kappa shape index (κ1) is 17.5. The Morgan fingerprint density at radius 1 is 1.30 bits per heavy atom. The summed E-state index contributed by atoms with van der Waals surface area (Å²) in [6, 6.07) is 9.01. The van der Waals surface area contributed by atoms with E-state index in [1.165, 1.54) is 7.11 Å². The van der Waals surface area contributed by atoms with Crippen molar-refractivity contribution >= 4 is 29.1 Å². The van der Waals surface area contributed by atoms with E-state index in [2.05, 4.69) is 5.32 Å². The van der Waals surface area contributed by atoms with Gasteiger partial charge in [-0.25, -0.2) is 4.39 Å². The van der Waals surface area contributed by atoms with Crippen LogP contribution in [0.25, 0.3) is 0 Å². The zero-order valence-electron chi connectivity index (χ0n) is 12.1. The number of methoxy groups -OCH3 is 1. The largest absolute Gasteiger partial charge is 0.496 e. The number of hydrogen-bond donors (Lipinski definition) is 2. The lowest BCUT2D eigenvalue weighted by Crippen LogP contribution is -2.28. The summed E-state index contributed by atoms with van der Waals surface area (Å²) in [5.74, 6) is -0.851. The standard InChI is InChI=1S/C16H14Cl2FNO3/c1-23-15-5-3-2-4-9(15)14(21)8-20-16(22)10-6-13(19)12(18)7-11(10)17/h2-7,14,21H,8H2,1H3,(H,20,22)/t14-/m1/s1. The van der Waals surface area contributed by atoms with Gasteiger partial charge in [0.15, 0.2) is 0 Å². The fraction of sp³-hybridized carbons (Fsp3) is 0.188. The van der Waals surface area contributed by atoms with Crippen molar-refractivity contribution in [2.75, 3.05) is 13.7 Å². The lowest BCUT2D eigenvalue weighted by Gasteiger charge is -2.15. The Labute approximate surface area is 142 Å². The summed E-state index contributed by atoms with van der Waals surface area (Å²) in [4.78, 5) is 12.1. The molecule has 0 unspecified atom stereocenters. The minimum atomic E-state index is -0.981. The Morgan fingerprint density at radius 2 is 2.00 bits per heavy atom. The van der Waals surface area contributed by atoms with E-state index in [0.717, 1.165) is 12.1 Å². The summed E-state index contributed by atoms with van der Waals surface area (Å²) in [7, 11) is 1.49. The molecule has 1 amide bonds. The molecule has 1 atom stereocenters. The van der Waals surface area contributed by atoms with Gasteiger partial charge in [0.2, 0.25) is 0 Å². The van der Waals surface area contributed by atoms with Gasteiger partial charge in [0, 0.05) is 12.1 Å². The molecular formula is C16H14Cl2FNO3. The van der Waals surface area contributed by atoms with Crippen molar-refractivity contribution in [1.29, 1.82) is 0 Å². The summed E-state index contributed by atoms with van der Waals surface area (Å²) in [5.41, 5.74) is 0.476. The Balaban J connectivity index is 2.08. The maximum atomic E-state index is 13.4. The number of aliphatic hydroxyl groups is 1. The summed E-state index contributed by atoms with van der Waals surface area (Å²) in [6.45, 7) is -0.0836. The predicted octanol–water partition coefficient (Wildman–Crippen LogP) is 3.60. The normalized spacial score (nSPS) is 11.9. The van der Waals surface area contributed by atoms with Crippen molar-refractivity contribution in [3.63, 3.8) is 0 Å². The molecule has 0 bridgehead atoms. The van der Waals surface area contributed by atoms with Gasteiger partial charge < -0.3 is 15.2 Å². The third-order valence-electron chi connectivity index (χ3n) is 3.21. The van der Waals surface area contributed by atoms with Crippen LogP contribution in [0.1, 0.15) is 22.0 Å². The van der Waals surface area contributed by atoms with E-state index in [1.54, 1.807) is 24.3 Å². The molecule has 0 aliphatic rings. The third kappa shape index (κ3) is 4.13. The van der Waals surface area contributed by atoms with E-state index in [-0.39, 0.29) is 22.2 Å². The number of carbonyl (C=O) groups is 1. The third-order valence-corrected chi connectivity index (χ3v) is 3.81. The summed E-state index contributed by atoms with van der Waals surface area (Å²) < 4.78 is 18.6. The van der Waals surface area contributed by atoms with Crippen LogP contribution in [-0.4, -0.2) is 24.7 Å². The molecule has 0 aliphatic heterocycles. The Bertz CT molecular complexity index is 724. The SMILES string of the molecule is COc1ccccc1[C@H](O)CNC(=O)c1cc(F)c(Cl)cc1Cl. The van der Waals surface area contributed by atoms with Crippen LogP contribution in [0.2, 0.25) is 10.0 Å². The summed E-state index contributed by atoms with van der Waals surface area (Å²) in [5, 5.41) is 12.5. The topological polar surface area (TPSA) is 58.6 Å². The Kier molecular flexibility index (Phi) is 5.82. The molecule has 0 aromatic heterocycles. The number of nitrogens with one attached hydrogen (secondary N) is 1. The van der Waals surface area contributed by atoms with Gasteiger partial charge in [0.05, 0.1) is 28.8 Å². The number of para-hydroxylation sites is 1. The van der Waals surface area contributed by atoms with E-state index in [0.29, 0.717) is 11.3 Å². The van der Waals surface area contributed by atoms with E-state index in [9.17, 15) is 14.3 Å². The monoisotopic (exact) mass is 357 g/mol. The van der Waals surface area contributed by atoms with Crippen molar-refractivity contribution < 1.29 is 19.0 Å². The predicted molar refractivity (Wildman–Crippen MR) is 86.7 cm³/mol. The molecule has 2 rings (SSSR count). The van der Waals surface area contributed by atoms with E-state index >= 15 is 0 Å². The first-order valence-corrected chi connectivity index (χ1v) is 7.43. The number of halogens is 3. The minimum absolute atomic E-state index is 0.0284. The quantitative estimate of drug-likeness (QED) is 0.803. The van der Waals surface area contributed by atoms with Crippen LogP contribution in [-0.2, 0) is 0 Å². The maximum Gasteiger partial charge on any atom is 0.253 e. The first-order valence-electron chi connectivity index (χ1n) is 6.67. The molecule has 2 aromatic rings. The molecule has 0 spiro atoms. The number of amides is 1. The molecular weight excluding hydrogens is 344 g/mol. The van der Waals surface area contributed by atoms with E-state index in [4.69, 9.17) is 27.9 Å². The zero-order chi connectivity index (χ0) is 17.0. The fourth-order valence-electron chi connectivity index (χ4n) is 2.03. The second-order valence-corrected chi connectivity index (χ2v) is 5.53. The van der Waals surface area contributed by atoms with Crippen LogP contribution in [0, 0.1) is 5.82 Å². The lowest BCUT2D eigenvalue weighted by molar-refractivity contribution is 0.0914. The van der Waals surface area contributed by atoms with E-state index in [1.807, 2.05) is 0 Å². The molecule has 4 nitrogen and oxygen atoms in total. The summed E-state index contributed by atoms with van der Waals surface area (Å²) in [6.07, 6.45) is -0.981. The van der Waals surface area contributed by atoms with Crippen molar-refractivity contribution in [3.05, 3.63) is 63.4 Å². The molecule has 23 heavy (non-hydrogen) atoms. The Morgan fingerprint density at radius 3 is 2.70 bits per heavy atom. The molecule has 0 heterocycles. The summed E-state index contributed by atoms with van der Waals surface area (Å²) >= 11 is 11.5. The molecule has 0 fully saturated rings. The minimum Gasteiger partial charge on any atom is -0.496 e. The van der Waals surface area contributed by atoms with Gasteiger partial charge >= 0.3 is 0 Å². The van der Waals surface area contributed by atoms with Crippen molar-refractivity contribution in [2.45, 2.75) is 6.10 Å². The number of ether oxygens (including phenoxy) is 1. The fourth-order valence-corrected chi connectivity index (χ4v) is 2.50. The van der Waals surface area contributed by atoms with Crippen LogP contribution in [0.3, 0.4) is 0 Å². The van der Waals surface area contributed by atoms with Gasteiger partial charge in [-0.2, -0.15) is 0 Å². The molecule has 2 N–H and O–H groups in total. The highest BCUT2D eigenvalue weighted by atomic mass is 35.5. The highest BCUT2D eigenvalue weighted by Gasteiger charge is 2.17. The number of aliphatic hydroxyl groups excluding tert-OH is 1. The average molecular weight is 358 g/mol. The number of hydrogen-bond acceptors (Lipinski definition) is 3. The number of rotatable bonds is 5. The van der Waals surface area contributed by atoms with Crippen molar-refractivity contribution in [1.82, 2.24) is 5.32 Å². The molecule has 0 saturated heterocycles. The van der Waals surface area contributed by atoms with Gasteiger partial charge in [-0.1, -0.05) is 41.4 Å². The van der Waals surface area contributed by atoms with Crippen molar-refractivity contribution in [2.24, 2.45) is 0 Å². The average Bonchev–Trinajstić information content (AvgIpc) is 2.55. The molecule has 0 radical (unpaired) electrons. The number of benzene rings is 2. The van der Waals surface area contributed by atoms with Crippen LogP contribution >= 0.6 is 23.2 Å². The molecule has 122 valence electrons. The van der Waals surface area contributed by atoms with Crippen molar-refractivity contribution in [3.8, 4) is 5.75 Å². The maximum absolute atomic E-state index is 13.4.